The number of hydrogen-bond acceptors (Lipinski definition) is 2. The molecule has 0 amide bonds. The molecule has 108 valence electrons. The standard InChI is InChI=1S/C13H25F3N2/c1-11(10-13(14,15)16)18-9-8-12(17-2)6-4-3-5-7-12/h11,17-18H,3-10H2,1-2H3. The zero-order valence-corrected chi connectivity index (χ0v) is 11.4. The fourth-order valence-corrected chi connectivity index (χ4v) is 2.83. The average Bonchev–Trinajstić information content (AvgIpc) is 2.28. The Morgan fingerprint density at radius 1 is 1.17 bits per heavy atom. The molecule has 0 spiro atoms. The van der Waals surface area contributed by atoms with E-state index in [0.29, 0.717) is 6.54 Å². The first-order valence-electron chi connectivity index (χ1n) is 6.86. The van der Waals surface area contributed by atoms with Crippen LogP contribution in [0.2, 0.25) is 0 Å². The van der Waals surface area contributed by atoms with Crippen LogP contribution in [-0.2, 0) is 0 Å². The van der Waals surface area contributed by atoms with Crippen molar-refractivity contribution >= 4 is 0 Å². The van der Waals surface area contributed by atoms with Gasteiger partial charge in [0.25, 0.3) is 0 Å². The van der Waals surface area contributed by atoms with Crippen molar-refractivity contribution in [1.29, 1.82) is 0 Å². The predicted molar refractivity (Wildman–Crippen MR) is 67.6 cm³/mol. The molecule has 0 aromatic rings. The fourth-order valence-electron chi connectivity index (χ4n) is 2.83. The largest absolute Gasteiger partial charge is 0.390 e. The van der Waals surface area contributed by atoms with Gasteiger partial charge in [-0.1, -0.05) is 19.3 Å². The third kappa shape index (κ3) is 5.57. The van der Waals surface area contributed by atoms with Gasteiger partial charge < -0.3 is 10.6 Å². The van der Waals surface area contributed by atoms with Gasteiger partial charge in [0.2, 0.25) is 0 Å². The predicted octanol–water partition coefficient (Wildman–Crippen LogP) is 3.23. The summed E-state index contributed by atoms with van der Waals surface area (Å²) in [6.45, 7) is 2.25. The summed E-state index contributed by atoms with van der Waals surface area (Å²) < 4.78 is 36.5. The Labute approximate surface area is 108 Å². The highest BCUT2D eigenvalue weighted by atomic mass is 19.4. The Kier molecular flexibility index (Phi) is 5.92. The molecule has 2 nitrogen and oxygen atoms in total. The first-order chi connectivity index (χ1) is 8.37. The lowest BCUT2D eigenvalue weighted by Gasteiger charge is -2.37. The van der Waals surface area contributed by atoms with Gasteiger partial charge in [-0.15, -0.1) is 0 Å². The SMILES string of the molecule is CNC1(CCNC(C)CC(F)(F)F)CCCCC1. The minimum absolute atomic E-state index is 0.142. The molecule has 0 aromatic heterocycles. The maximum atomic E-state index is 12.2. The molecule has 5 heteroatoms. The van der Waals surface area contributed by atoms with Crippen molar-refractivity contribution in [2.45, 2.75) is 69.6 Å². The smallest absolute Gasteiger partial charge is 0.314 e. The van der Waals surface area contributed by atoms with Crippen LogP contribution in [0, 0.1) is 0 Å². The summed E-state index contributed by atoms with van der Waals surface area (Å²) in [7, 11) is 1.96. The van der Waals surface area contributed by atoms with Gasteiger partial charge in [-0.05, 0) is 39.8 Å². The van der Waals surface area contributed by atoms with Crippen LogP contribution >= 0.6 is 0 Å². The Morgan fingerprint density at radius 3 is 2.28 bits per heavy atom. The van der Waals surface area contributed by atoms with Gasteiger partial charge in [-0.3, -0.25) is 0 Å². The zero-order valence-electron chi connectivity index (χ0n) is 11.4. The molecular formula is C13H25F3N2. The van der Waals surface area contributed by atoms with Gasteiger partial charge in [-0.25, -0.2) is 0 Å². The van der Waals surface area contributed by atoms with E-state index in [1.807, 2.05) is 7.05 Å². The Hall–Kier alpha value is -0.290. The van der Waals surface area contributed by atoms with Crippen LogP contribution in [0.25, 0.3) is 0 Å². The third-order valence-electron chi connectivity index (χ3n) is 3.97. The highest BCUT2D eigenvalue weighted by molar-refractivity contribution is 4.90. The summed E-state index contributed by atoms with van der Waals surface area (Å²) in [5.41, 5.74) is 0.142. The second-order valence-electron chi connectivity index (χ2n) is 5.52. The molecule has 0 aromatic carbocycles. The summed E-state index contributed by atoms with van der Waals surface area (Å²) in [4.78, 5) is 0. The second-order valence-corrected chi connectivity index (χ2v) is 5.52. The summed E-state index contributed by atoms with van der Waals surface area (Å²) in [5, 5.41) is 6.36. The van der Waals surface area contributed by atoms with Crippen molar-refractivity contribution < 1.29 is 13.2 Å². The van der Waals surface area contributed by atoms with Crippen LogP contribution in [0.4, 0.5) is 13.2 Å². The highest BCUT2D eigenvalue weighted by Crippen LogP contribution is 2.30. The second kappa shape index (κ2) is 6.75. The summed E-state index contributed by atoms with van der Waals surface area (Å²) in [5.74, 6) is 0. The zero-order chi connectivity index (χ0) is 13.6. The molecule has 0 radical (unpaired) electrons. The number of nitrogens with one attached hydrogen (secondary N) is 2. The lowest BCUT2D eigenvalue weighted by Crippen LogP contribution is -2.47. The van der Waals surface area contributed by atoms with E-state index in [4.69, 9.17) is 0 Å². The van der Waals surface area contributed by atoms with E-state index >= 15 is 0 Å². The molecule has 0 aliphatic heterocycles. The first-order valence-corrected chi connectivity index (χ1v) is 6.86. The Balaban J connectivity index is 2.27. The van der Waals surface area contributed by atoms with Gasteiger partial charge >= 0.3 is 6.18 Å². The number of halogens is 3. The summed E-state index contributed by atoms with van der Waals surface area (Å²) in [6.07, 6.45) is 2.08. The van der Waals surface area contributed by atoms with Crippen LogP contribution in [0.5, 0.6) is 0 Å². The van der Waals surface area contributed by atoms with E-state index in [1.54, 1.807) is 6.92 Å². The minimum Gasteiger partial charge on any atom is -0.314 e. The maximum absolute atomic E-state index is 12.2. The highest BCUT2D eigenvalue weighted by Gasteiger charge is 2.31. The molecule has 2 N–H and O–H groups in total. The van der Waals surface area contributed by atoms with Crippen molar-refractivity contribution in [2.75, 3.05) is 13.6 Å². The molecule has 18 heavy (non-hydrogen) atoms. The minimum atomic E-state index is -4.07. The lowest BCUT2D eigenvalue weighted by molar-refractivity contribution is -0.139. The molecule has 1 rings (SSSR count). The molecular weight excluding hydrogens is 241 g/mol. The molecule has 0 saturated heterocycles. The normalized spacial score (nSPS) is 21.8. The van der Waals surface area contributed by atoms with Gasteiger partial charge in [-0.2, -0.15) is 13.2 Å². The van der Waals surface area contributed by atoms with Crippen molar-refractivity contribution in [1.82, 2.24) is 10.6 Å². The topological polar surface area (TPSA) is 24.1 Å². The van der Waals surface area contributed by atoms with Crippen molar-refractivity contribution in [2.24, 2.45) is 0 Å². The van der Waals surface area contributed by atoms with E-state index in [0.717, 1.165) is 19.3 Å². The van der Waals surface area contributed by atoms with Crippen LogP contribution in [-0.4, -0.2) is 31.3 Å². The quantitative estimate of drug-likeness (QED) is 0.771. The molecule has 1 unspecified atom stereocenters. The van der Waals surface area contributed by atoms with E-state index in [9.17, 15) is 13.2 Å². The molecule has 1 aliphatic rings. The number of alkyl halides is 3. The van der Waals surface area contributed by atoms with Crippen LogP contribution in [0.15, 0.2) is 0 Å². The molecule has 1 fully saturated rings. The average molecular weight is 266 g/mol. The van der Waals surface area contributed by atoms with E-state index in [2.05, 4.69) is 10.6 Å². The van der Waals surface area contributed by atoms with Gasteiger partial charge in [0, 0.05) is 11.6 Å². The molecule has 0 bridgehead atoms. The van der Waals surface area contributed by atoms with E-state index < -0.39 is 18.6 Å². The molecule has 1 saturated carbocycles. The lowest BCUT2D eigenvalue weighted by atomic mass is 9.79. The Morgan fingerprint density at radius 2 is 1.78 bits per heavy atom. The summed E-state index contributed by atoms with van der Waals surface area (Å²) >= 11 is 0. The number of rotatable bonds is 6. The fraction of sp³-hybridized carbons (Fsp3) is 1.00. The van der Waals surface area contributed by atoms with Crippen molar-refractivity contribution in [3.05, 3.63) is 0 Å². The van der Waals surface area contributed by atoms with Crippen molar-refractivity contribution in [3.8, 4) is 0 Å². The maximum Gasteiger partial charge on any atom is 0.390 e. The van der Waals surface area contributed by atoms with E-state index in [1.165, 1.54) is 19.3 Å². The van der Waals surface area contributed by atoms with Gasteiger partial charge in [0.15, 0.2) is 0 Å². The number of hydrogen-bond donors (Lipinski definition) is 2. The molecule has 0 heterocycles. The molecule has 1 aliphatic carbocycles. The van der Waals surface area contributed by atoms with Gasteiger partial charge in [0.1, 0.15) is 0 Å². The van der Waals surface area contributed by atoms with Crippen LogP contribution in [0.3, 0.4) is 0 Å². The third-order valence-corrected chi connectivity index (χ3v) is 3.97. The van der Waals surface area contributed by atoms with E-state index in [-0.39, 0.29) is 5.54 Å². The van der Waals surface area contributed by atoms with Crippen LogP contribution in [0.1, 0.15) is 51.9 Å². The van der Waals surface area contributed by atoms with Crippen LogP contribution < -0.4 is 10.6 Å². The summed E-state index contributed by atoms with van der Waals surface area (Å²) in [6, 6.07) is -0.498. The first kappa shape index (κ1) is 15.8. The van der Waals surface area contributed by atoms with Crippen molar-refractivity contribution in [3.63, 3.8) is 0 Å². The molecule has 1 atom stereocenters. The van der Waals surface area contributed by atoms with Gasteiger partial charge in [0.05, 0.1) is 6.42 Å². The Bertz CT molecular complexity index is 235. The monoisotopic (exact) mass is 266 g/mol.